The summed E-state index contributed by atoms with van der Waals surface area (Å²) in [6.07, 6.45) is 1.07. The van der Waals surface area contributed by atoms with Crippen LogP contribution < -0.4 is 10.2 Å². The zero-order valence-corrected chi connectivity index (χ0v) is 12.1. The average Bonchev–Trinajstić information content (AvgIpc) is 2.43. The molecule has 1 N–H and O–H groups in total. The van der Waals surface area contributed by atoms with Gasteiger partial charge in [-0.05, 0) is 24.1 Å². The number of anilines is 1. The van der Waals surface area contributed by atoms with E-state index in [1.165, 1.54) is 0 Å². The first-order valence-electron chi connectivity index (χ1n) is 6.66. The number of nitriles is 1. The molecular formula is C15H23N3O. The van der Waals surface area contributed by atoms with Crippen molar-refractivity contribution < 1.29 is 4.74 Å². The quantitative estimate of drug-likeness (QED) is 0.728. The van der Waals surface area contributed by atoms with Crippen molar-refractivity contribution in [1.29, 1.82) is 5.26 Å². The Labute approximate surface area is 116 Å². The van der Waals surface area contributed by atoms with E-state index in [0.29, 0.717) is 6.61 Å². The molecule has 1 aromatic rings. The Morgan fingerprint density at radius 2 is 2.21 bits per heavy atom. The maximum Gasteiger partial charge on any atom is 0.101 e. The molecule has 0 saturated carbocycles. The monoisotopic (exact) mass is 261 g/mol. The zero-order valence-electron chi connectivity index (χ0n) is 12.1. The summed E-state index contributed by atoms with van der Waals surface area (Å²) in [5.74, 6) is 0. The molecular weight excluding hydrogens is 238 g/mol. The Morgan fingerprint density at radius 1 is 1.42 bits per heavy atom. The van der Waals surface area contributed by atoms with Crippen LogP contribution in [0.1, 0.15) is 24.5 Å². The second-order valence-corrected chi connectivity index (χ2v) is 4.55. The van der Waals surface area contributed by atoms with E-state index in [2.05, 4.69) is 29.3 Å². The van der Waals surface area contributed by atoms with Gasteiger partial charge in [0.2, 0.25) is 0 Å². The third kappa shape index (κ3) is 4.90. The minimum Gasteiger partial charge on any atom is -0.383 e. The molecule has 0 saturated heterocycles. The summed E-state index contributed by atoms with van der Waals surface area (Å²) in [7, 11) is 3.71. The van der Waals surface area contributed by atoms with Crippen molar-refractivity contribution in [2.45, 2.75) is 19.9 Å². The molecule has 1 rings (SSSR count). The van der Waals surface area contributed by atoms with Gasteiger partial charge in [-0.25, -0.2) is 0 Å². The van der Waals surface area contributed by atoms with Gasteiger partial charge in [0, 0.05) is 33.8 Å². The SMILES string of the molecule is CCCN(C)c1ccc(CNCCOC)cc1C#N. The van der Waals surface area contributed by atoms with Crippen LogP contribution in [0, 0.1) is 11.3 Å². The van der Waals surface area contributed by atoms with Crippen LogP contribution in [-0.4, -0.2) is 33.9 Å². The van der Waals surface area contributed by atoms with Gasteiger partial charge < -0.3 is 15.0 Å². The lowest BCUT2D eigenvalue weighted by atomic mass is 10.1. The summed E-state index contributed by atoms with van der Waals surface area (Å²) >= 11 is 0. The topological polar surface area (TPSA) is 48.3 Å². The molecule has 0 radical (unpaired) electrons. The number of hydrogen-bond donors (Lipinski definition) is 1. The molecule has 4 nitrogen and oxygen atoms in total. The number of ether oxygens (including phenoxy) is 1. The largest absolute Gasteiger partial charge is 0.383 e. The molecule has 0 spiro atoms. The van der Waals surface area contributed by atoms with Crippen LogP contribution >= 0.6 is 0 Å². The summed E-state index contributed by atoms with van der Waals surface area (Å²) in [6, 6.07) is 8.34. The van der Waals surface area contributed by atoms with Crippen LogP contribution in [0.3, 0.4) is 0 Å². The number of nitrogens with one attached hydrogen (secondary N) is 1. The van der Waals surface area contributed by atoms with Gasteiger partial charge in [-0.15, -0.1) is 0 Å². The molecule has 0 unspecified atom stereocenters. The Balaban J connectivity index is 2.70. The average molecular weight is 261 g/mol. The van der Waals surface area contributed by atoms with E-state index in [1.54, 1.807) is 7.11 Å². The fourth-order valence-corrected chi connectivity index (χ4v) is 1.98. The Bertz CT molecular complexity index is 426. The van der Waals surface area contributed by atoms with Gasteiger partial charge in [0.1, 0.15) is 6.07 Å². The van der Waals surface area contributed by atoms with Gasteiger partial charge >= 0.3 is 0 Å². The van der Waals surface area contributed by atoms with Gasteiger partial charge in [-0.2, -0.15) is 5.26 Å². The fraction of sp³-hybridized carbons (Fsp3) is 0.533. The highest BCUT2D eigenvalue weighted by Gasteiger charge is 2.07. The number of rotatable bonds is 8. The summed E-state index contributed by atoms with van der Waals surface area (Å²) < 4.78 is 4.98. The molecule has 0 atom stereocenters. The second-order valence-electron chi connectivity index (χ2n) is 4.55. The minimum atomic E-state index is 0.697. The van der Waals surface area contributed by atoms with E-state index in [4.69, 9.17) is 4.74 Å². The molecule has 0 amide bonds. The third-order valence-electron chi connectivity index (χ3n) is 2.96. The Kier molecular flexibility index (Phi) is 6.94. The summed E-state index contributed by atoms with van der Waals surface area (Å²) in [5, 5.41) is 12.5. The Hall–Kier alpha value is -1.57. The molecule has 0 heterocycles. The minimum absolute atomic E-state index is 0.697. The van der Waals surface area contributed by atoms with Crippen molar-refractivity contribution >= 4 is 5.69 Å². The predicted octanol–water partition coefficient (Wildman–Crippen LogP) is 2.14. The van der Waals surface area contributed by atoms with Crippen LogP contribution in [-0.2, 0) is 11.3 Å². The standard InChI is InChI=1S/C15H23N3O/c1-4-8-18(2)15-6-5-13(10-14(15)11-16)12-17-7-9-19-3/h5-6,10,17H,4,7-9,12H2,1-3H3. The van der Waals surface area contributed by atoms with Gasteiger partial charge in [0.15, 0.2) is 0 Å². The first-order valence-corrected chi connectivity index (χ1v) is 6.66. The highest BCUT2D eigenvalue weighted by atomic mass is 16.5. The van der Waals surface area contributed by atoms with E-state index in [9.17, 15) is 5.26 Å². The van der Waals surface area contributed by atoms with Crippen LogP contribution in [0.2, 0.25) is 0 Å². The van der Waals surface area contributed by atoms with Crippen molar-refractivity contribution in [3.63, 3.8) is 0 Å². The number of hydrogen-bond acceptors (Lipinski definition) is 4. The normalized spacial score (nSPS) is 10.2. The molecule has 4 heteroatoms. The van der Waals surface area contributed by atoms with Crippen LogP contribution in [0.5, 0.6) is 0 Å². The predicted molar refractivity (Wildman–Crippen MR) is 78.3 cm³/mol. The van der Waals surface area contributed by atoms with Crippen molar-refractivity contribution in [1.82, 2.24) is 5.32 Å². The van der Waals surface area contributed by atoms with Crippen LogP contribution in [0.25, 0.3) is 0 Å². The second kappa shape index (κ2) is 8.52. The third-order valence-corrected chi connectivity index (χ3v) is 2.96. The molecule has 0 aliphatic heterocycles. The van der Waals surface area contributed by atoms with Crippen molar-refractivity contribution in [3.8, 4) is 6.07 Å². The lowest BCUT2D eigenvalue weighted by Crippen LogP contribution is -2.20. The van der Waals surface area contributed by atoms with Gasteiger partial charge in [-0.1, -0.05) is 13.0 Å². The fourth-order valence-electron chi connectivity index (χ4n) is 1.98. The van der Waals surface area contributed by atoms with Gasteiger partial charge in [-0.3, -0.25) is 0 Å². The molecule has 19 heavy (non-hydrogen) atoms. The van der Waals surface area contributed by atoms with Crippen molar-refractivity contribution in [2.24, 2.45) is 0 Å². The first kappa shape index (κ1) is 15.5. The zero-order chi connectivity index (χ0) is 14.1. The Morgan fingerprint density at radius 3 is 2.84 bits per heavy atom. The maximum atomic E-state index is 9.25. The molecule has 0 aliphatic carbocycles. The summed E-state index contributed by atoms with van der Waals surface area (Å²) in [6.45, 7) is 5.37. The van der Waals surface area contributed by atoms with E-state index in [0.717, 1.165) is 42.9 Å². The molecule has 0 aromatic heterocycles. The van der Waals surface area contributed by atoms with E-state index in [1.807, 2.05) is 19.2 Å². The number of nitrogens with zero attached hydrogens (tertiary/aromatic N) is 2. The lowest BCUT2D eigenvalue weighted by molar-refractivity contribution is 0.199. The van der Waals surface area contributed by atoms with Gasteiger partial charge in [0.25, 0.3) is 0 Å². The van der Waals surface area contributed by atoms with E-state index < -0.39 is 0 Å². The van der Waals surface area contributed by atoms with Crippen LogP contribution in [0.4, 0.5) is 5.69 Å². The lowest BCUT2D eigenvalue weighted by Gasteiger charge is -2.20. The van der Waals surface area contributed by atoms with E-state index >= 15 is 0 Å². The van der Waals surface area contributed by atoms with Gasteiger partial charge in [0.05, 0.1) is 17.9 Å². The molecule has 0 bridgehead atoms. The highest BCUT2D eigenvalue weighted by molar-refractivity contribution is 5.60. The maximum absolute atomic E-state index is 9.25. The number of benzene rings is 1. The number of methoxy groups -OCH3 is 1. The molecule has 1 aromatic carbocycles. The van der Waals surface area contributed by atoms with E-state index in [-0.39, 0.29) is 0 Å². The summed E-state index contributed by atoms with van der Waals surface area (Å²) in [5.41, 5.74) is 2.87. The molecule has 0 aliphatic rings. The van der Waals surface area contributed by atoms with Crippen molar-refractivity contribution in [3.05, 3.63) is 29.3 Å². The molecule has 104 valence electrons. The molecule has 0 fully saturated rings. The van der Waals surface area contributed by atoms with Crippen molar-refractivity contribution in [2.75, 3.05) is 38.8 Å². The first-order chi connectivity index (χ1) is 9.22. The smallest absolute Gasteiger partial charge is 0.101 e. The summed E-state index contributed by atoms with van der Waals surface area (Å²) in [4.78, 5) is 2.13. The highest BCUT2D eigenvalue weighted by Crippen LogP contribution is 2.20. The van der Waals surface area contributed by atoms with Crippen LogP contribution in [0.15, 0.2) is 18.2 Å².